The van der Waals surface area contributed by atoms with Crippen molar-refractivity contribution in [2.45, 2.75) is 13.3 Å². The number of Topliss-reactive ketones (excluding diaryl/α,β-unsaturated/α-hetero) is 1. The molecule has 0 atom stereocenters. The number of nitrogen functional groups attached to an aromatic ring is 1. The van der Waals surface area contributed by atoms with Crippen LogP contribution in [0.5, 0.6) is 5.75 Å². The number of rotatable bonds is 7. The highest BCUT2D eigenvalue weighted by atomic mass is 35.5. The molecule has 2 rings (SSSR count). The number of ketones is 1. The number of anilines is 2. The van der Waals surface area contributed by atoms with Gasteiger partial charge in [0, 0.05) is 23.7 Å². The van der Waals surface area contributed by atoms with Gasteiger partial charge < -0.3 is 20.5 Å². The molecule has 0 aliphatic heterocycles. The van der Waals surface area contributed by atoms with E-state index in [1.54, 1.807) is 31.2 Å². The molecule has 0 aliphatic rings. The molecule has 0 aliphatic carbocycles. The lowest BCUT2D eigenvalue weighted by Crippen LogP contribution is -2.15. The Labute approximate surface area is 161 Å². The van der Waals surface area contributed by atoms with Crippen molar-refractivity contribution in [1.29, 1.82) is 0 Å². The zero-order chi connectivity index (χ0) is 20.0. The number of benzene rings is 2. The number of amides is 1. The lowest BCUT2D eigenvalue weighted by Gasteiger charge is -2.10. The first-order valence-corrected chi connectivity index (χ1v) is 8.46. The number of nitrogens with one attached hydrogen (secondary N) is 1. The van der Waals surface area contributed by atoms with Crippen LogP contribution in [0.25, 0.3) is 0 Å². The van der Waals surface area contributed by atoms with Gasteiger partial charge in [-0.15, -0.1) is 0 Å². The van der Waals surface area contributed by atoms with Gasteiger partial charge in [-0.05, 0) is 30.3 Å². The van der Waals surface area contributed by atoms with Gasteiger partial charge in [0.1, 0.15) is 11.3 Å². The molecular weight excluding hydrogens is 372 g/mol. The molecule has 0 spiro atoms. The van der Waals surface area contributed by atoms with Crippen LogP contribution in [-0.2, 0) is 9.53 Å². The van der Waals surface area contributed by atoms with Crippen molar-refractivity contribution < 1.29 is 23.9 Å². The van der Waals surface area contributed by atoms with E-state index < -0.39 is 18.4 Å². The number of esters is 1. The third-order valence-electron chi connectivity index (χ3n) is 3.68. The number of carbonyl (C=O) groups is 3. The minimum atomic E-state index is -0.756. The Bertz CT molecular complexity index is 865. The lowest BCUT2D eigenvalue weighted by molar-refractivity contribution is -0.115. The molecule has 1 amide bonds. The summed E-state index contributed by atoms with van der Waals surface area (Å²) in [4.78, 5) is 35.8. The van der Waals surface area contributed by atoms with E-state index >= 15 is 0 Å². The van der Waals surface area contributed by atoms with Crippen molar-refractivity contribution in [2.24, 2.45) is 0 Å². The number of nitrogens with two attached hydrogens (primary N) is 1. The Morgan fingerprint density at radius 1 is 1.15 bits per heavy atom. The normalized spacial score (nSPS) is 10.2. The fourth-order valence-electron chi connectivity index (χ4n) is 2.18. The molecule has 0 saturated carbocycles. The summed E-state index contributed by atoms with van der Waals surface area (Å²) in [6.45, 7) is 1.29. The van der Waals surface area contributed by atoms with Gasteiger partial charge in [-0.1, -0.05) is 18.5 Å². The maximum Gasteiger partial charge on any atom is 0.342 e. The maximum absolute atomic E-state index is 12.2. The van der Waals surface area contributed by atoms with Crippen LogP contribution >= 0.6 is 11.6 Å². The molecule has 8 heteroatoms. The van der Waals surface area contributed by atoms with Crippen molar-refractivity contribution in [2.75, 3.05) is 24.8 Å². The summed E-state index contributed by atoms with van der Waals surface area (Å²) in [7, 11) is 1.38. The van der Waals surface area contributed by atoms with Crippen LogP contribution in [0.15, 0.2) is 36.4 Å². The Kier molecular flexibility index (Phi) is 6.79. The molecule has 3 N–H and O–H groups in total. The number of ether oxygens (including phenoxy) is 2. The molecule has 2 aromatic rings. The number of methoxy groups -OCH3 is 1. The van der Waals surface area contributed by atoms with E-state index in [1.165, 1.54) is 19.2 Å². The average molecular weight is 391 g/mol. The monoisotopic (exact) mass is 390 g/mol. The number of halogens is 1. The van der Waals surface area contributed by atoms with Crippen LogP contribution in [0.2, 0.25) is 5.02 Å². The molecule has 0 radical (unpaired) electrons. The fourth-order valence-corrected chi connectivity index (χ4v) is 2.34. The molecule has 0 fully saturated rings. The Balaban J connectivity index is 2.02. The quantitative estimate of drug-likeness (QED) is 0.426. The Morgan fingerprint density at radius 2 is 1.81 bits per heavy atom. The predicted molar refractivity (Wildman–Crippen MR) is 102 cm³/mol. The molecular formula is C19H19ClN2O5. The van der Waals surface area contributed by atoms with Crippen LogP contribution in [0.3, 0.4) is 0 Å². The van der Waals surface area contributed by atoms with E-state index in [1.807, 2.05) is 0 Å². The smallest absolute Gasteiger partial charge is 0.342 e. The van der Waals surface area contributed by atoms with Crippen molar-refractivity contribution >= 4 is 40.6 Å². The molecule has 0 heterocycles. The minimum absolute atomic E-state index is 0.0714. The second-order valence-electron chi connectivity index (χ2n) is 5.55. The maximum atomic E-state index is 12.2. The van der Waals surface area contributed by atoms with E-state index in [9.17, 15) is 14.4 Å². The molecule has 0 bridgehead atoms. The van der Waals surface area contributed by atoms with Crippen molar-refractivity contribution in [3.8, 4) is 5.75 Å². The summed E-state index contributed by atoms with van der Waals surface area (Å²) in [5.41, 5.74) is 6.93. The van der Waals surface area contributed by atoms with Gasteiger partial charge in [-0.25, -0.2) is 4.79 Å². The van der Waals surface area contributed by atoms with Gasteiger partial charge in [-0.2, -0.15) is 0 Å². The standard InChI is InChI=1S/C19H19ClN2O5/c1-3-18(24)22-12-6-4-11(5-7-12)16(23)10-27-19(25)13-8-14(20)15(21)9-17(13)26-2/h4-9H,3,10,21H2,1-2H3,(H,22,24). The van der Waals surface area contributed by atoms with Gasteiger partial charge in [0.15, 0.2) is 12.4 Å². The fraction of sp³-hybridized carbons (Fsp3) is 0.211. The topological polar surface area (TPSA) is 108 Å². The van der Waals surface area contributed by atoms with Crippen molar-refractivity contribution in [3.63, 3.8) is 0 Å². The van der Waals surface area contributed by atoms with Gasteiger partial charge in [0.05, 0.1) is 17.8 Å². The lowest BCUT2D eigenvalue weighted by atomic mass is 10.1. The van der Waals surface area contributed by atoms with E-state index in [4.69, 9.17) is 26.8 Å². The highest BCUT2D eigenvalue weighted by Crippen LogP contribution is 2.29. The SMILES string of the molecule is CCC(=O)Nc1ccc(C(=O)COC(=O)c2cc(Cl)c(N)cc2OC)cc1. The molecule has 0 saturated heterocycles. The predicted octanol–water partition coefficient (Wildman–Crippen LogP) is 3.32. The van der Waals surface area contributed by atoms with Crippen LogP contribution in [0.4, 0.5) is 11.4 Å². The largest absolute Gasteiger partial charge is 0.496 e. The molecule has 2 aromatic carbocycles. The van der Waals surface area contributed by atoms with Gasteiger partial charge in [-0.3, -0.25) is 9.59 Å². The second-order valence-corrected chi connectivity index (χ2v) is 5.96. The minimum Gasteiger partial charge on any atom is -0.496 e. The summed E-state index contributed by atoms with van der Waals surface area (Å²) in [5.74, 6) is -1.07. The number of carbonyl (C=O) groups excluding carboxylic acids is 3. The summed E-state index contributed by atoms with van der Waals surface area (Å²) in [6.07, 6.45) is 0.356. The molecule has 142 valence electrons. The van der Waals surface area contributed by atoms with Crippen LogP contribution in [-0.4, -0.2) is 31.4 Å². The third kappa shape index (κ3) is 5.21. The highest BCUT2D eigenvalue weighted by Gasteiger charge is 2.18. The molecule has 0 aromatic heterocycles. The summed E-state index contributed by atoms with van der Waals surface area (Å²) < 4.78 is 10.1. The van der Waals surface area contributed by atoms with E-state index in [0.717, 1.165) is 0 Å². The summed E-state index contributed by atoms with van der Waals surface area (Å²) in [6, 6.07) is 9.03. The first-order chi connectivity index (χ1) is 12.8. The van der Waals surface area contributed by atoms with Gasteiger partial charge in [0.2, 0.25) is 5.91 Å². The second kappa shape index (κ2) is 9.05. The zero-order valence-electron chi connectivity index (χ0n) is 14.9. The molecule has 0 unspecified atom stereocenters. The van der Waals surface area contributed by atoms with E-state index in [2.05, 4.69) is 5.32 Å². The van der Waals surface area contributed by atoms with Crippen molar-refractivity contribution in [1.82, 2.24) is 0 Å². The zero-order valence-corrected chi connectivity index (χ0v) is 15.6. The summed E-state index contributed by atoms with van der Waals surface area (Å²) in [5, 5.41) is 2.86. The van der Waals surface area contributed by atoms with Crippen LogP contribution < -0.4 is 15.8 Å². The van der Waals surface area contributed by atoms with E-state index in [0.29, 0.717) is 17.7 Å². The van der Waals surface area contributed by atoms with Crippen molar-refractivity contribution in [3.05, 3.63) is 52.5 Å². The van der Waals surface area contributed by atoms with E-state index in [-0.39, 0.29) is 27.9 Å². The number of hydrogen-bond donors (Lipinski definition) is 2. The molecule has 27 heavy (non-hydrogen) atoms. The molecule has 7 nitrogen and oxygen atoms in total. The highest BCUT2D eigenvalue weighted by molar-refractivity contribution is 6.33. The Morgan fingerprint density at radius 3 is 2.41 bits per heavy atom. The van der Waals surface area contributed by atoms with Crippen LogP contribution in [0, 0.1) is 0 Å². The Hall–Kier alpha value is -3.06. The van der Waals surface area contributed by atoms with Crippen LogP contribution in [0.1, 0.15) is 34.1 Å². The average Bonchev–Trinajstić information content (AvgIpc) is 2.67. The number of hydrogen-bond acceptors (Lipinski definition) is 6. The van der Waals surface area contributed by atoms with Gasteiger partial charge in [0.25, 0.3) is 0 Å². The summed E-state index contributed by atoms with van der Waals surface area (Å²) >= 11 is 5.92. The first kappa shape index (κ1) is 20.3. The third-order valence-corrected chi connectivity index (χ3v) is 4.01. The van der Waals surface area contributed by atoms with Gasteiger partial charge >= 0.3 is 5.97 Å². The first-order valence-electron chi connectivity index (χ1n) is 8.09.